The zero-order valence-corrected chi connectivity index (χ0v) is 18.8. The summed E-state index contributed by atoms with van der Waals surface area (Å²) in [4.78, 5) is 12.8. The molecule has 0 aliphatic heterocycles. The summed E-state index contributed by atoms with van der Waals surface area (Å²) in [5.74, 6) is 0.271. The molecule has 0 saturated carbocycles. The van der Waals surface area contributed by atoms with E-state index in [0.29, 0.717) is 22.9 Å². The molecule has 6 nitrogen and oxygen atoms in total. The highest BCUT2D eigenvalue weighted by Crippen LogP contribution is 2.24. The molecule has 0 saturated heterocycles. The maximum Gasteiger partial charge on any atom is 0.256 e. The molecule has 1 atom stereocenters. The van der Waals surface area contributed by atoms with Gasteiger partial charge in [0.25, 0.3) is 5.91 Å². The van der Waals surface area contributed by atoms with Gasteiger partial charge in [-0.3, -0.25) is 9.52 Å². The van der Waals surface area contributed by atoms with Crippen LogP contribution < -0.4 is 15.4 Å². The third kappa shape index (κ3) is 5.97. The van der Waals surface area contributed by atoms with Crippen LogP contribution in [0.3, 0.4) is 0 Å². The number of amides is 1. The molecule has 1 amide bonds. The fourth-order valence-electron chi connectivity index (χ4n) is 2.74. The van der Waals surface area contributed by atoms with Crippen molar-refractivity contribution in [3.05, 3.63) is 53.1 Å². The minimum absolute atomic E-state index is 0.00397. The zero-order valence-electron chi connectivity index (χ0n) is 18.0. The van der Waals surface area contributed by atoms with Crippen LogP contribution in [0.5, 0.6) is 0 Å². The molecule has 0 radical (unpaired) electrons. The Morgan fingerprint density at radius 2 is 1.72 bits per heavy atom. The highest BCUT2D eigenvalue weighted by molar-refractivity contribution is 7.92. The molecule has 3 N–H and O–H groups in total. The number of carbonyl (C=O) groups excluding carboxylic acids is 1. The lowest BCUT2D eigenvalue weighted by Crippen LogP contribution is -2.23. The molecule has 0 fully saturated rings. The molecule has 7 heteroatoms. The molecule has 2 rings (SSSR count). The van der Waals surface area contributed by atoms with E-state index in [2.05, 4.69) is 36.1 Å². The number of aryl methyl sites for hydroxylation is 1. The molecule has 0 heterocycles. The number of carbonyl (C=O) groups is 1. The number of anilines is 3. The van der Waals surface area contributed by atoms with Crippen molar-refractivity contribution < 1.29 is 13.2 Å². The van der Waals surface area contributed by atoms with Crippen molar-refractivity contribution in [2.24, 2.45) is 5.92 Å². The first kappa shape index (κ1) is 22.7. The van der Waals surface area contributed by atoms with Crippen molar-refractivity contribution in [3.8, 4) is 0 Å². The number of hydrogen-bond donors (Lipinski definition) is 3. The number of hydrogen-bond acceptors (Lipinski definition) is 4. The normalized spacial score (nSPS) is 12.5. The highest BCUT2D eigenvalue weighted by Gasteiger charge is 2.15. The number of sulfonamides is 1. The van der Waals surface area contributed by atoms with Gasteiger partial charge in [-0.2, -0.15) is 0 Å². The van der Waals surface area contributed by atoms with Crippen LogP contribution in [-0.2, 0) is 10.0 Å². The molecule has 158 valence electrons. The van der Waals surface area contributed by atoms with Crippen LogP contribution in [0.15, 0.2) is 36.4 Å². The van der Waals surface area contributed by atoms with Gasteiger partial charge in [0.2, 0.25) is 10.0 Å². The van der Waals surface area contributed by atoms with E-state index in [0.717, 1.165) is 16.8 Å². The van der Waals surface area contributed by atoms with Gasteiger partial charge in [-0.1, -0.05) is 19.9 Å². The monoisotopic (exact) mass is 417 g/mol. The third-order valence-corrected chi connectivity index (χ3v) is 6.38. The van der Waals surface area contributed by atoms with Crippen molar-refractivity contribution in [1.82, 2.24) is 0 Å². The van der Waals surface area contributed by atoms with Crippen LogP contribution in [0.1, 0.15) is 49.2 Å². The summed E-state index contributed by atoms with van der Waals surface area (Å²) in [5.41, 5.74) is 4.29. The van der Waals surface area contributed by atoms with Crippen LogP contribution >= 0.6 is 0 Å². The fourth-order valence-corrected chi connectivity index (χ4v) is 3.45. The molecule has 0 aliphatic rings. The maximum atomic E-state index is 12.8. The smallest absolute Gasteiger partial charge is 0.256 e. The van der Waals surface area contributed by atoms with Gasteiger partial charge in [0.05, 0.1) is 11.4 Å². The summed E-state index contributed by atoms with van der Waals surface area (Å²) in [7, 11) is -3.34. The molecule has 0 aliphatic carbocycles. The van der Waals surface area contributed by atoms with Crippen LogP contribution in [-0.4, -0.2) is 26.1 Å². The first-order valence-corrected chi connectivity index (χ1v) is 11.5. The van der Waals surface area contributed by atoms with Gasteiger partial charge in [0, 0.05) is 23.0 Å². The van der Waals surface area contributed by atoms with Crippen molar-refractivity contribution >= 4 is 33.0 Å². The van der Waals surface area contributed by atoms with Gasteiger partial charge in [-0.25, -0.2) is 8.42 Å². The van der Waals surface area contributed by atoms with E-state index < -0.39 is 10.0 Å². The van der Waals surface area contributed by atoms with Gasteiger partial charge in [0.15, 0.2) is 0 Å². The van der Waals surface area contributed by atoms with E-state index in [1.54, 1.807) is 38.1 Å². The summed E-state index contributed by atoms with van der Waals surface area (Å²) in [6, 6.07) is 11.0. The maximum absolute atomic E-state index is 12.8. The first-order chi connectivity index (χ1) is 13.5. The van der Waals surface area contributed by atoms with Crippen LogP contribution in [0.2, 0.25) is 0 Å². The predicted molar refractivity (Wildman–Crippen MR) is 121 cm³/mol. The average Bonchev–Trinajstić information content (AvgIpc) is 2.65. The topological polar surface area (TPSA) is 87.3 Å². The Hall–Kier alpha value is -2.54. The van der Waals surface area contributed by atoms with E-state index in [1.165, 1.54) is 0 Å². The van der Waals surface area contributed by atoms with Crippen molar-refractivity contribution in [3.63, 3.8) is 0 Å². The van der Waals surface area contributed by atoms with Crippen molar-refractivity contribution in [2.45, 2.75) is 47.6 Å². The Balaban J connectivity index is 2.19. The minimum atomic E-state index is -3.34. The van der Waals surface area contributed by atoms with E-state index >= 15 is 0 Å². The Morgan fingerprint density at radius 1 is 1.03 bits per heavy atom. The molecule has 0 spiro atoms. The quantitative estimate of drug-likeness (QED) is 0.577. The molecule has 2 aromatic carbocycles. The highest BCUT2D eigenvalue weighted by atomic mass is 32.2. The third-order valence-electron chi connectivity index (χ3n) is 5.09. The number of nitrogens with one attached hydrogen (secondary N) is 3. The molecular weight excluding hydrogens is 386 g/mol. The summed E-state index contributed by atoms with van der Waals surface area (Å²) in [6.07, 6.45) is 0. The zero-order chi connectivity index (χ0) is 21.8. The summed E-state index contributed by atoms with van der Waals surface area (Å²) in [6.45, 7) is 11.7. The average molecular weight is 418 g/mol. The minimum Gasteiger partial charge on any atom is -0.382 e. The lowest BCUT2D eigenvalue weighted by Gasteiger charge is -2.21. The van der Waals surface area contributed by atoms with Gasteiger partial charge in [-0.05, 0) is 75.1 Å². The standard InChI is InChI=1S/C22H31N3O3S/c1-7-29(27,28)25-20-12-11-18(13-15(20)4)24-22(26)19-9-8-10-21(16(19)5)23-17(6)14(2)3/h8-14,17,23,25H,7H2,1-6H3,(H,24,26)/t17-/m1/s1. The number of benzene rings is 2. The molecule has 29 heavy (non-hydrogen) atoms. The van der Waals surface area contributed by atoms with E-state index in [4.69, 9.17) is 0 Å². The molecule has 0 bridgehead atoms. The Bertz CT molecular complexity index is 985. The Morgan fingerprint density at radius 3 is 2.31 bits per heavy atom. The van der Waals surface area contributed by atoms with E-state index in [-0.39, 0.29) is 17.7 Å². The van der Waals surface area contributed by atoms with Gasteiger partial charge < -0.3 is 10.6 Å². The van der Waals surface area contributed by atoms with Crippen molar-refractivity contribution in [2.75, 3.05) is 21.1 Å². The molecule has 0 aromatic heterocycles. The summed E-state index contributed by atoms with van der Waals surface area (Å²) in [5, 5.41) is 6.37. The fraction of sp³-hybridized carbons (Fsp3) is 0.409. The van der Waals surface area contributed by atoms with Gasteiger partial charge >= 0.3 is 0 Å². The summed E-state index contributed by atoms with van der Waals surface area (Å²) < 4.78 is 26.1. The van der Waals surface area contributed by atoms with Crippen LogP contribution in [0.25, 0.3) is 0 Å². The predicted octanol–water partition coefficient (Wildman–Crippen LogP) is 4.77. The van der Waals surface area contributed by atoms with E-state index in [1.807, 2.05) is 19.1 Å². The lowest BCUT2D eigenvalue weighted by atomic mass is 10.0. The second-order valence-electron chi connectivity index (χ2n) is 7.64. The van der Waals surface area contributed by atoms with Gasteiger partial charge in [0.1, 0.15) is 0 Å². The molecule has 2 aromatic rings. The van der Waals surface area contributed by atoms with Gasteiger partial charge in [-0.15, -0.1) is 0 Å². The Labute approximate surface area is 174 Å². The molecule has 0 unspecified atom stereocenters. The second kappa shape index (κ2) is 9.31. The second-order valence-corrected chi connectivity index (χ2v) is 9.66. The largest absolute Gasteiger partial charge is 0.382 e. The van der Waals surface area contributed by atoms with E-state index in [9.17, 15) is 13.2 Å². The first-order valence-electron chi connectivity index (χ1n) is 9.82. The number of rotatable bonds is 8. The molecular formula is C22H31N3O3S. The van der Waals surface area contributed by atoms with Crippen molar-refractivity contribution in [1.29, 1.82) is 0 Å². The summed E-state index contributed by atoms with van der Waals surface area (Å²) >= 11 is 0. The SMILES string of the molecule is CCS(=O)(=O)Nc1ccc(NC(=O)c2cccc(N[C@H](C)C(C)C)c2C)cc1C. The van der Waals surface area contributed by atoms with Crippen LogP contribution in [0.4, 0.5) is 17.1 Å². The lowest BCUT2D eigenvalue weighted by molar-refractivity contribution is 0.102. The Kier molecular flexibility index (Phi) is 7.30. The van der Waals surface area contributed by atoms with Crippen LogP contribution in [0, 0.1) is 19.8 Å².